The number of allylic oxidation sites excluding steroid dienone is 4. The quantitative estimate of drug-likeness (QED) is 0.189. The molecule has 1 heterocycles. The van der Waals surface area contributed by atoms with Crippen LogP contribution in [0.15, 0.2) is 53.0 Å². The summed E-state index contributed by atoms with van der Waals surface area (Å²) >= 11 is 2.01. The Morgan fingerprint density at radius 3 is 2.13 bits per heavy atom. The van der Waals surface area contributed by atoms with Crippen LogP contribution in [-0.2, 0) is 14.3 Å². The average Bonchev–Trinajstić information content (AvgIpc) is 2.89. The fraction of sp³-hybridized carbons (Fsp3) is 0.333. The van der Waals surface area contributed by atoms with Gasteiger partial charge in [-0.1, -0.05) is 0 Å². The van der Waals surface area contributed by atoms with Crippen molar-refractivity contribution in [3.8, 4) is 17.2 Å². The highest BCUT2D eigenvalue weighted by atomic mass is 127. The molecule has 2 aromatic rings. The number of rotatable bonds is 7. The van der Waals surface area contributed by atoms with Crippen molar-refractivity contribution in [3.63, 3.8) is 0 Å². The number of halogens is 1. The third kappa shape index (κ3) is 5.00. The zero-order valence-electron chi connectivity index (χ0n) is 20.9. The maximum absolute atomic E-state index is 13.1. The van der Waals surface area contributed by atoms with Gasteiger partial charge in [0, 0.05) is 48.8 Å². The van der Waals surface area contributed by atoms with E-state index in [9.17, 15) is 29.8 Å². The van der Waals surface area contributed by atoms with Crippen LogP contribution in [0.4, 0.5) is 11.4 Å². The predicted octanol–water partition coefficient (Wildman–Crippen LogP) is 6.43. The topological polar surface area (TPSA) is 148 Å². The summed E-state index contributed by atoms with van der Waals surface area (Å²) in [5.41, 5.74) is 0.635. The molecule has 39 heavy (non-hydrogen) atoms. The number of hydrogen-bond acceptors (Lipinski definition) is 9. The van der Waals surface area contributed by atoms with Gasteiger partial charge in [-0.2, -0.15) is 0 Å². The number of benzene rings is 2. The number of nitrogens with zero attached hydrogens (tertiary/aromatic N) is 2. The average molecular weight is 646 g/mol. The van der Waals surface area contributed by atoms with E-state index in [0.29, 0.717) is 70.3 Å². The van der Waals surface area contributed by atoms with Gasteiger partial charge in [0.05, 0.1) is 26.1 Å². The first kappa shape index (κ1) is 26.8. The largest absolute Gasteiger partial charge is 0.490 e. The predicted molar refractivity (Wildman–Crippen MR) is 146 cm³/mol. The molecular weight excluding hydrogens is 623 g/mol. The van der Waals surface area contributed by atoms with Crippen molar-refractivity contribution >= 4 is 45.5 Å². The van der Waals surface area contributed by atoms with E-state index in [1.54, 1.807) is 19.1 Å². The van der Waals surface area contributed by atoms with Gasteiger partial charge in [0.15, 0.2) is 23.1 Å². The molecule has 0 saturated heterocycles. The first-order valence-electron chi connectivity index (χ1n) is 12.5. The van der Waals surface area contributed by atoms with Crippen LogP contribution in [0, 0.1) is 23.8 Å². The van der Waals surface area contributed by atoms with Gasteiger partial charge in [-0.05, 0) is 66.1 Å². The molecule has 12 heteroatoms. The SMILES string of the molecule is CCOc1cc(C2C3=C(CCCC3=O)OC3=C2C(=O)CCC3)cc(I)c1Oc1ccc([N+](=O)[O-])cc1[N+](=O)[O-]. The van der Waals surface area contributed by atoms with E-state index >= 15 is 0 Å². The number of hydrogen-bond donors (Lipinski definition) is 0. The summed E-state index contributed by atoms with van der Waals surface area (Å²) in [6, 6.07) is 6.59. The summed E-state index contributed by atoms with van der Waals surface area (Å²) in [4.78, 5) is 47.6. The Kier molecular flexibility index (Phi) is 7.38. The minimum atomic E-state index is -0.753. The van der Waals surface area contributed by atoms with Crippen molar-refractivity contribution in [2.45, 2.75) is 51.4 Å². The number of carbonyl (C=O) groups excluding carboxylic acids is 2. The van der Waals surface area contributed by atoms with Gasteiger partial charge in [0.1, 0.15) is 11.5 Å². The summed E-state index contributed by atoms with van der Waals surface area (Å²) < 4.78 is 18.4. The molecule has 202 valence electrons. The van der Waals surface area contributed by atoms with Gasteiger partial charge < -0.3 is 14.2 Å². The minimum absolute atomic E-state index is 0.0547. The van der Waals surface area contributed by atoms with E-state index in [4.69, 9.17) is 14.2 Å². The van der Waals surface area contributed by atoms with Gasteiger partial charge in [0.2, 0.25) is 5.75 Å². The Morgan fingerprint density at radius 2 is 1.56 bits per heavy atom. The molecule has 1 aliphatic heterocycles. The maximum atomic E-state index is 13.1. The van der Waals surface area contributed by atoms with E-state index in [0.717, 1.165) is 12.1 Å². The standard InChI is InChI=1S/C27H23IN2O9/c1-2-37-23-12-14(11-16(28)27(23)39-20-10-9-15(29(33)34)13-17(20)30(35)36)24-25-18(31)5-3-7-21(25)38-22-8-4-6-19(32)26(22)24/h9-13,24H,2-8H2,1H3. The lowest BCUT2D eigenvalue weighted by Gasteiger charge is -2.36. The van der Waals surface area contributed by atoms with Crippen molar-refractivity contribution in [2.24, 2.45) is 0 Å². The van der Waals surface area contributed by atoms with Gasteiger partial charge in [-0.25, -0.2) is 0 Å². The Hall–Kier alpha value is -3.81. The molecule has 0 aromatic heterocycles. The van der Waals surface area contributed by atoms with Crippen LogP contribution in [0.2, 0.25) is 0 Å². The van der Waals surface area contributed by atoms with Crippen LogP contribution in [0.25, 0.3) is 0 Å². The Balaban J connectivity index is 1.63. The molecule has 0 spiro atoms. The van der Waals surface area contributed by atoms with Crippen LogP contribution in [0.3, 0.4) is 0 Å². The molecule has 5 rings (SSSR count). The van der Waals surface area contributed by atoms with Crippen LogP contribution >= 0.6 is 22.6 Å². The summed E-state index contributed by atoms with van der Waals surface area (Å²) in [6.07, 6.45) is 3.34. The first-order chi connectivity index (χ1) is 18.7. The molecule has 0 fully saturated rings. The summed E-state index contributed by atoms with van der Waals surface area (Å²) in [5.74, 6) is 0.747. The fourth-order valence-corrected chi connectivity index (χ4v) is 5.96. The highest BCUT2D eigenvalue weighted by Crippen LogP contribution is 2.50. The van der Waals surface area contributed by atoms with Gasteiger partial charge in [-0.3, -0.25) is 29.8 Å². The second-order valence-electron chi connectivity index (χ2n) is 9.29. The number of ether oxygens (including phenoxy) is 3. The minimum Gasteiger partial charge on any atom is -0.490 e. The van der Waals surface area contributed by atoms with Gasteiger partial charge in [0.25, 0.3) is 5.69 Å². The lowest BCUT2D eigenvalue weighted by atomic mass is 9.73. The molecule has 0 atom stereocenters. The lowest BCUT2D eigenvalue weighted by molar-refractivity contribution is -0.394. The Bertz CT molecular complexity index is 1450. The van der Waals surface area contributed by atoms with Gasteiger partial charge >= 0.3 is 5.69 Å². The zero-order chi connectivity index (χ0) is 27.8. The molecule has 2 aliphatic carbocycles. The smallest absolute Gasteiger partial charge is 0.318 e. The summed E-state index contributed by atoms with van der Waals surface area (Å²) in [7, 11) is 0. The highest BCUT2D eigenvalue weighted by Gasteiger charge is 2.42. The van der Waals surface area contributed by atoms with Gasteiger partial charge in [-0.15, -0.1) is 0 Å². The molecule has 3 aliphatic rings. The number of nitro benzene ring substituents is 2. The number of Topliss-reactive ketones (excluding diaryl/α,β-unsaturated/α-hetero) is 2. The van der Waals surface area contributed by atoms with E-state index in [2.05, 4.69) is 0 Å². The summed E-state index contributed by atoms with van der Waals surface area (Å²) in [5, 5.41) is 22.8. The molecule has 11 nitrogen and oxygen atoms in total. The normalized spacial score (nSPS) is 17.4. The second-order valence-corrected chi connectivity index (χ2v) is 10.5. The Morgan fingerprint density at radius 1 is 0.923 bits per heavy atom. The van der Waals surface area contributed by atoms with E-state index in [1.165, 1.54) is 6.07 Å². The molecule has 0 saturated carbocycles. The van der Waals surface area contributed by atoms with Crippen molar-refractivity contribution < 1.29 is 33.6 Å². The Labute approximate surface area is 236 Å². The van der Waals surface area contributed by atoms with Crippen LogP contribution < -0.4 is 9.47 Å². The third-order valence-corrected chi connectivity index (χ3v) is 7.67. The first-order valence-corrected chi connectivity index (χ1v) is 13.5. The summed E-state index contributed by atoms with van der Waals surface area (Å²) in [6.45, 7) is 2.01. The van der Waals surface area contributed by atoms with Crippen LogP contribution in [0.5, 0.6) is 17.2 Å². The number of carbonyl (C=O) groups is 2. The molecular formula is C27H23IN2O9. The molecule has 0 amide bonds. The van der Waals surface area contributed by atoms with Crippen molar-refractivity contribution in [3.05, 3.63) is 82.4 Å². The fourth-order valence-electron chi connectivity index (χ4n) is 5.23. The van der Waals surface area contributed by atoms with E-state index in [-0.39, 0.29) is 35.4 Å². The van der Waals surface area contributed by atoms with Crippen LogP contribution in [-0.4, -0.2) is 28.0 Å². The highest BCUT2D eigenvalue weighted by molar-refractivity contribution is 14.1. The second kappa shape index (κ2) is 10.8. The molecule has 0 radical (unpaired) electrons. The number of non-ortho nitro benzene ring substituents is 1. The van der Waals surface area contributed by atoms with Crippen LogP contribution in [0.1, 0.15) is 56.9 Å². The molecule has 2 aromatic carbocycles. The van der Waals surface area contributed by atoms with Crippen molar-refractivity contribution in [1.82, 2.24) is 0 Å². The number of nitro groups is 2. The monoisotopic (exact) mass is 646 g/mol. The lowest BCUT2D eigenvalue weighted by Crippen LogP contribution is -2.30. The molecule has 0 unspecified atom stereocenters. The van der Waals surface area contributed by atoms with E-state index in [1.807, 2.05) is 22.6 Å². The van der Waals surface area contributed by atoms with E-state index < -0.39 is 27.1 Å². The maximum Gasteiger partial charge on any atom is 0.318 e. The molecule has 0 N–H and O–H groups in total. The third-order valence-electron chi connectivity index (χ3n) is 6.87. The number of ketones is 2. The van der Waals surface area contributed by atoms with Crippen molar-refractivity contribution in [2.75, 3.05) is 6.61 Å². The van der Waals surface area contributed by atoms with Crippen molar-refractivity contribution in [1.29, 1.82) is 0 Å². The zero-order valence-corrected chi connectivity index (χ0v) is 23.0. The molecule has 0 bridgehead atoms.